The van der Waals surface area contributed by atoms with Crippen LogP contribution in [-0.2, 0) is 18.4 Å². The highest BCUT2D eigenvalue weighted by Gasteiger charge is 2.69. The fourth-order valence-corrected chi connectivity index (χ4v) is 5.99. The van der Waals surface area contributed by atoms with Crippen LogP contribution in [0.15, 0.2) is 0 Å². The van der Waals surface area contributed by atoms with Crippen molar-refractivity contribution in [3.05, 3.63) is 0 Å². The van der Waals surface area contributed by atoms with Crippen molar-refractivity contribution in [2.24, 2.45) is 11.8 Å². The maximum Gasteiger partial charge on any atom is 0.338 e. The Labute approximate surface area is 147 Å². The fourth-order valence-electron chi connectivity index (χ4n) is 3.11. The summed E-state index contributed by atoms with van der Waals surface area (Å²) in [6.07, 6.45) is 0. The van der Waals surface area contributed by atoms with Crippen molar-refractivity contribution in [3.63, 3.8) is 0 Å². The van der Waals surface area contributed by atoms with Gasteiger partial charge in [0, 0.05) is 0 Å². The number of hydrogen-bond donors (Lipinski definition) is 2. The predicted octanol–water partition coefficient (Wildman–Crippen LogP) is 3.65. The second-order valence-corrected chi connectivity index (χ2v) is 17.7. The van der Waals surface area contributed by atoms with Gasteiger partial charge in [-0.3, -0.25) is 0 Å². The van der Waals surface area contributed by atoms with Gasteiger partial charge in [-0.15, -0.1) is 0 Å². The summed E-state index contributed by atoms with van der Waals surface area (Å²) in [5, 5.41) is 20.3. The van der Waals surface area contributed by atoms with E-state index in [0.29, 0.717) is 0 Å². The van der Waals surface area contributed by atoms with Crippen molar-refractivity contribution in [1.29, 1.82) is 0 Å². The molecule has 6 nitrogen and oxygen atoms in total. The number of carboxylic acid groups (broad SMARTS) is 2. The molecule has 0 aromatic heterocycles. The molecular formula is C16H34O6Si2. The van der Waals surface area contributed by atoms with Crippen LogP contribution in [0.4, 0.5) is 0 Å². The van der Waals surface area contributed by atoms with Crippen LogP contribution < -0.4 is 0 Å². The maximum atomic E-state index is 12.5. The molecule has 2 N–H and O–H groups in total. The summed E-state index contributed by atoms with van der Waals surface area (Å²) >= 11 is 0. The normalized spacial score (nSPS) is 18.3. The van der Waals surface area contributed by atoms with E-state index in [9.17, 15) is 19.8 Å². The molecule has 0 heterocycles. The Kier molecular flexibility index (Phi) is 7.05. The van der Waals surface area contributed by atoms with Crippen LogP contribution in [0.2, 0.25) is 39.3 Å². The van der Waals surface area contributed by atoms with Gasteiger partial charge in [-0.25, -0.2) is 9.59 Å². The molecule has 0 rings (SSSR count). The highest BCUT2D eigenvalue weighted by Crippen LogP contribution is 2.45. The third kappa shape index (κ3) is 4.47. The summed E-state index contributed by atoms with van der Waals surface area (Å²) in [6, 6.07) is 0. The van der Waals surface area contributed by atoms with Crippen LogP contribution in [0.5, 0.6) is 0 Å². The topological polar surface area (TPSA) is 93.1 Å². The SMILES string of the molecule is CC(C)C(O[Si](C)(C)C)(C(=O)O)C(O[Si](C)(C)C)(C(=O)O)C(C)C. The zero-order valence-electron chi connectivity index (χ0n) is 16.7. The third-order valence-electron chi connectivity index (χ3n) is 3.75. The van der Waals surface area contributed by atoms with Crippen molar-refractivity contribution < 1.29 is 28.7 Å². The Balaban J connectivity index is 6.91. The Morgan fingerprint density at radius 2 is 0.917 bits per heavy atom. The van der Waals surface area contributed by atoms with Crippen molar-refractivity contribution in [1.82, 2.24) is 0 Å². The second-order valence-electron chi connectivity index (χ2n) is 8.82. The van der Waals surface area contributed by atoms with Crippen LogP contribution in [-0.4, -0.2) is 50.0 Å². The standard InChI is InChI=1S/C16H34O6Si2/c1-11(2)15(13(17)18,21-23(5,6)7)16(12(3)4,14(19)20)22-24(8,9)10/h11-12H,1-10H3,(H,17,18)(H,19,20). The molecule has 0 aliphatic rings. The van der Waals surface area contributed by atoms with Crippen molar-refractivity contribution in [2.45, 2.75) is 78.2 Å². The van der Waals surface area contributed by atoms with Gasteiger partial charge in [0.2, 0.25) is 0 Å². The molecule has 0 amide bonds. The lowest BCUT2D eigenvalue weighted by Gasteiger charge is -2.53. The number of carboxylic acids is 2. The van der Waals surface area contributed by atoms with Gasteiger partial charge in [0.05, 0.1) is 0 Å². The zero-order chi connectivity index (χ0) is 19.7. The van der Waals surface area contributed by atoms with Gasteiger partial charge in [-0.05, 0) is 51.1 Å². The summed E-state index contributed by atoms with van der Waals surface area (Å²) in [5.41, 5.74) is -3.92. The molecule has 0 aliphatic carbocycles. The quantitative estimate of drug-likeness (QED) is 0.595. The maximum absolute atomic E-state index is 12.5. The average molecular weight is 379 g/mol. The molecule has 0 saturated heterocycles. The largest absolute Gasteiger partial charge is 0.479 e. The van der Waals surface area contributed by atoms with Gasteiger partial charge >= 0.3 is 11.9 Å². The monoisotopic (exact) mass is 378 g/mol. The molecule has 0 bridgehead atoms. The van der Waals surface area contributed by atoms with Gasteiger partial charge in [0.25, 0.3) is 0 Å². The molecular weight excluding hydrogens is 344 g/mol. The molecule has 0 aromatic rings. The van der Waals surface area contributed by atoms with Crippen LogP contribution in [0, 0.1) is 11.8 Å². The lowest BCUT2D eigenvalue weighted by molar-refractivity contribution is -0.216. The minimum absolute atomic E-state index is 0.587. The summed E-state index contributed by atoms with van der Waals surface area (Å²) in [7, 11) is -4.81. The molecule has 2 unspecified atom stereocenters. The summed E-state index contributed by atoms with van der Waals surface area (Å²) < 4.78 is 12.3. The number of hydrogen-bond acceptors (Lipinski definition) is 4. The van der Waals surface area contributed by atoms with Gasteiger partial charge in [-0.1, -0.05) is 27.7 Å². The van der Waals surface area contributed by atoms with Crippen molar-refractivity contribution in [3.8, 4) is 0 Å². The van der Waals surface area contributed by atoms with E-state index in [0.717, 1.165) is 0 Å². The Bertz CT molecular complexity index is 434. The highest BCUT2D eigenvalue weighted by atomic mass is 28.4. The Morgan fingerprint density at radius 3 is 1.00 bits per heavy atom. The predicted molar refractivity (Wildman–Crippen MR) is 99.3 cm³/mol. The van der Waals surface area contributed by atoms with Crippen molar-refractivity contribution in [2.75, 3.05) is 0 Å². The number of carbonyl (C=O) groups is 2. The Morgan fingerprint density at radius 1 is 0.708 bits per heavy atom. The summed E-state index contributed by atoms with van der Waals surface area (Å²) in [4.78, 5) is 24.9. The molecule has 142 valence electrons. The molecule has 0 aromatic carbocycles. The van der Waals surface area contributed by atoms with E-state index in [2.05, 4.69) is 0 Å². The van der Waals surface area contributed by atoms with E-state index in [-0.39, 0.29) is 0 Å². The fraction of sp³-hybridized carbons (Fsp3) is 0.875. The molecule has 8 heteroatoms. The molecule has 0 saturated carbocycles. The van der Waals surface area contributed by atoms with E-state index in [4.69, 9.17) is 8.85 Å². The van der Waals surface area contributed by atoms with Gasteiger partial charge in [0.15, 0.2) is 27.8 Å². The van der Waals surface area contributed by atoms with E-state index in [1.54, 1.807) is 27.7 Å². The van der Waals surface area contributed by atoms with E-state index < -0.39 is 51.6 Å². The third-order valence-corrected chi connectivity index (χ3v) is 5.62. The molecule has 0 radical (unpaired) electrons. The van der Waals surface area contributed by atoms with Crippen molar-refractivity contribution >= 4 is 28.6 Å². The van der Waals surface area contributed by atoms with Crippen LogP contribution >= 0.6 is 0 Å². The first kappa shape index (κ1) is 23.3. The first-order valence-electron chi connectivity index (χ1n) is 8.31. The van der Waals surface area contributed by atoms with Gasteiger partial charge in [0.1, 0.15) is 0 Å². The minimum atomic E-state index is -2.40. The first-order chi connectivity index (χ1) is 10.4. The van der Waals surface area contributed by atoms with Crippen LogP contribution in [0.3, 0.4) is 0 Å². The molecule has 0 fully saturated rings. The molecule has 0 aliphatic heterocycles. The summed E-state index contributed by atoms with van der Waals surface area (Å²) in [5.74, 6) is -3.74. The first-order valence-corrected chi connectivity index (χ1v) is 15.1. The smallest absolute Gasteiger partial charge is 0.338 e. The van der Waals surface area contributed by atoms with E-state index in [1.807, 2.05) is 39.3 Å². The second kappa shape index (κ2) is 7.27. The molecule has 2 atom stereocenters. The van der Waals surface area contributed by atoms with Crippen LogP contribution in [0.1, 0.15) is 27.7 Å². The molecule has 0 spiro atoms. The van der Waals surface area contributed by atoms with E-state index >= 15 is 0 Å². The average Bonchev–Trinajstić information content (AvgIpc) is 2.29. The zero-order valence-corrected chi connectivity index (χ0v) is 18.7. The minimum Gasteiger partial charge on any atom is -0.479 e. The van der Waals surface area contributed by atoms with E-state index in [1.165, 1.54) is 0 Å². The van der Waals surface area contributed by atoms with Gasteiger partial charge < -0.3 is 19.1 Å². The number of rotatable bonds is 9. The number of aliphatic carboxylic acids is 2. The van der Waals surface area contributed by atoms with Gasteiger partial charge in [-0.2, -0.15) is 0 Å². The lowest BCUT2D eigenvalue weighted by atomic mass is 9.69. The van der Waals surface area contributed by atoms with Crippen LogP contribution in [0.25, 0.3) is 0 Å². The lowest BCUT2D eigenvalue weighted by Crippen LogP contribution is -2.74. The molecule has 24 heavy (non-hydrogen) atoms. The highest BCUT2D eigenvalue weighted by molar-refractivity contribution is 6.70. The Hall–Kier alpha value is -0.706. The summed E-state index contributed by atoms with van der Waals surface area (Å²) in [6.45, 7) is 17.9.